The highest BCUT2D eigenvalue weighted by Gasteiger charge is 2.44. The number of fused-ring (bicyclic) bond motifs is 1. The zero-order valence-corrected chi connectivity index (χ0v) is 18.0. The second-order valence-corrected chi connectivity index (χ2v) is 9.58. The summed E-state index contributed by atoms with van der Waals surface area (Å²) >= 11 is 8.16. The summed E-state index contributed by atoms with van der Waals surface area (Å²) in [6.45, 7) is 5.38. The van der Waals surface area contributed by atoms with Crippen LogP contribution >= 0.6 is 22.9 Å². The fraction of sp³-hybridized carbons (Fsp3) is 0.500. The summed E-state index contributed by atoms with van der Waals surface area (Å²) in [5.41, 5.74) is 9.18. The fourth-order valence-electron chi connectivity index (χ4n) is 4.63. The third kappa shape index (κ3) is 3.68. The largest absolute Gasteiger partial charge is 0.489 e. The number of nitrogens with two attached hydrogens (primary N) is 1. The van der Waals surface area contributed by atoms with Crippen molar-refractivity contribution in [3.63, 3.8) is 0 Å². The third-order valence-electron chi connectivity index (χ3n) is 6.51. The molecule has 3 N–H and O–H groups in total. The van der Waals surface area contributed by atoms with Crippen LogP contribution in [-0.2, 0) is 6.54 Å². The highest BCUT2D eigenvalue weighted by atomic mass is 35.5. The number of nitrogens with one attached hydrogen (secondary N) is 1. The van der Waals surface area contributed by atoms with Crippen LogP contribution in [0.15, 0.2) is 29.9 Å². The molecule has 2 aromatic rings. The van der Waals surface area contributed by atoms with Crippen LogP contribution in [0.3, 0.4) is 0 Å². The first kappa shape index (κ1) is 19.7. The summed E-state index contributed by atoms with van der Waals surface area (Å²) in [6, 6.07) is 4.07. The standard InChI is InChI=1S/C22H28ClN3OS/c1-14(2)22(20(24)21-26-9-10-28-21)6-3-17(4-7-22)27-19-12-15-5-8-25-13-16(15)11-18(19)23/h5,8-12,14,17,20,25H,3-4,6-7,13,24H2,1-2H3. The van der Waals surface area contributed by atoms with E-state index in [4.69, 9.17) is 22.1 Å². The van der Waals surface area contributed by atoms with Crippen molar-refractivity contribution in [1.29, 1.82) is 0 Å². The molecule has 1 aromatic carbocycles. The predicted molar refractivity (Wildman–Crippen MR) is 117 cm³/mol. The Bertz CT molecular complexity index is 842. The minimum absolute atomic E-state index is 0.0154. The van der Waals surface area contributed by atoms with Crippen molar-refractivity contribution in [2.75, 3.05) is 0 Å². The smallest absolute Gasteiger partial charge is 0.138 e. The molecule has 1 fully saturated rings. The van der Waals surface area contributed by atoms with E-state index in [1.165, 1.54) is 11.1 Å². The van der Waals surface area contributed by atoms with Crippen molar-refractivity contribution in [3.8, 4) is 5.75 Å². The summed E-state index contributed by atoms with van der Waals surface area (Å²) in [5.74, 6) is 1.29. The summed E-state index contributed by atoms with van der Waals surface area (Å²) in [7, 11) is 0. The van der Waals surface area contributed by atoms with Crippen molar-refractivity contribution >= 4 is 29.0 Å². The molecular formula is C22H28ClN3OS. The molecule has 0 spiro atoms. The maximum atomic E-state index is 6.72. The van der Waals surface area contributed by atoms with E-state index in [9.17, 15) is 0 Å². The Morgan fingerprint density at radius 1 is 1.32 bits per heavy atom. The maximum Gasteiger partial charge on any atom is 0.138 e. The van der Waals surface area contributed by atoms with Crippen molar-refractivity contribution in [2.24, 2.45) is 17.1 Å². The van der Waals surface area contributed by atoms with Gasteiger partial charge in [-0.05, 0) is 72.6 Å². The molecule has 2 aliphatic rings. The lowest BCUT2D eigenvalue weighted by atomic mass is 9.62. The molecule has 0 amide bonds. The van der Waals surface area contributed by atoms with Gasteiger partial charge in [-0.15, -0.1) is 11.3 Å². The number of halogens is 1. The molecule has 1 saturated carbocycles. The number of rotatable bonds is 5. The van der Waals surface area contributed by atoms with E-state index in [1.54, 1.807) is 11.3 Å². The number of aromatic nitrogens is 1. The van der Waals surface area contributed by atoms with Crippen LogP contribution in [0.5, 0.6) is 5.75 Å². The van der Waals surface area contributed by atoms with Crippen LogP contribution in [-0.4, -0.2) is 11.1 Å². The van der Waals surface area contributed by atoms with E-state index in [0.717, 1.165) is 43.0 Å². The maximum absolute atomic E-state index is 6.72. The Labute approximate surface area is 176 Å². The van der Waals surface area contributed by atoms with Gasteiger partial charge in [0, 0.05) is 18.1 Å². The summed E-state index contributed by atoms with van der Waals surface area (Å²) in [6.07, 6.45) is 10.1. The lowest BCUT2D eigenvalue weighted by Crippen LogP contribution is -2.44. The summed E-state index contributed by atoms with van der Waals surface area (Å²) < 4.78 is 6.36. The second kappa shape index (κ2) is 8.05. The first-order valence-corrected chi connectivity index (χ1v) is 11.3. The van der Waals surface area contributed by atoms with Crippen molar-refractivity contribution in [1.82, 2.24) is 10.3 Å². The van der Waals surface area contributed by atoms with Gasteiger partial charge in [0.15, 0.2) is 0 Å². The summed E-state index contributed by atoms with van der Waals surface area (Å²) in [5, 5.41) is 6.97. The van der Waals surface area contributed by atoms with E-state index in [2.05, 4.69) is 36.3 Å². The Hall–Kier alpha value is -1.56. The minimum atomic E-state index is -0.0154. The molecule has 2 heterocycles. The second-order valence-electron chi connectivity index (χ2n) is 8.25. The van der Waals surface area contributed by atoms with E-state index in [1.807, 2.05) is 23.8 Å². The van der Waals surface area contributed by atoms with Crippen LogP contribution in [0, 0.1) is 11.3 Å². The van der Waals surface area contributed by atoms with Crippen LogP contribution in [0.1, 0.15) is 61.7 Å². The molecule has 0 saturated heterocycles. The number of hydrogen-bond acceptors (Lipinski definition) is 5. The van der Waals surface area contributed by atoms with E-state index in [-0.39, 0.29) is 17.6 Å². The highest BCUT2D eigenvalue weighted by molar-refractivity contribution is 7.09. The highest BCUT2D eigenvalue weighted by Crippen LogP contribution is 2.51. The van der Waals surface area contributed by atoms with Crippen LogP contribution in [0.2, 0.25) is 5.02 Å². The molecule has 28 heavy (non-hydrogen) atoms. The molecule has 1 unspecified atom stereocenters. The van der Waals surface area contributed by atoms with Crippen molar-refractivity contribution < 1.29 is 4.74 Å². The Balaban J connectivity index is 1.47. The van der Waals surface area contributed by atoms with Gasteiger partial charge in [0.2, 0.25) is 0 Å². The lowest BCUT2D eigenvalue weighted by Gasteiger charge is -2.46. The number of ether oxygens (including phenoxy) is 1. The van der Waals surface area contributed by atoms with Crippen LogP contribution in [0.4, 0.5) is 0 Å². The fourth-order valence-corrected chi connectivity index (χ4v) is 5.63. The SMILES string of the molecule is CC(C)C1(C(N)c2nccs2)CCC(Oc2cc3c(cc2Cl)CNC=C3)CC1. The van der Waals surface area contributed by atoms with Gasteiger partial charge in [-0.3, -0.25) is 0 Å². The molecule has 1 aliphatic heterocycles. The lowest BCUT2D eigenvalue weighted by molar-refractivity contribution is 0.0260. The van der Waals surface area contributed by atoms with E-state index in [0.29, 0.717) is 10.9 Å². The van der Waals surface area contributed by atoms with E-state index < -0.39 is 0 Å². The summed E-state index contributed by atoms with van der Waals surface area (Å²) in [4.78, 5) is 4.49. The predicted octanol–water partition coefficient (Wildman–Crippen LogP) is 5.53. The van der Waals surface area contributed by atoms with Gasteiger partial charge < -0.3 is 15.8 Å². The number of hydrogen-bond donors (Lipinski definition) is 2. The molecule has 0 radical (unpaired) electrons. The molecule has 1 atom stereocenters. The normalized spacial score (nSPS) is 25.2. The average Bonchev–Trinajstić information content (AvgIpc) is 3.23. The van der Waals surface area contributed by atoms with Gasteiger partial charge in [-0.1, -0.05) is 25.4 Å². The van der Waals surface area contributed by atoms with Gasteiger partial charge >= 0.3 is 0 Å². The Kier molecular flexibility index (Phi) is 5.68. The van der Waals surface area contributed by atoms with Crippen LogP contribution in [0.25, 0.3) is 6.08 Å². The van der Waals surface area contributed by atoms with Gasteiger partial charge in [0.25, 0.3) is 0 Å². The zero-order valence-electron chi connectivity index (χ0n) is 16.5. The van der Waals surface area contributed by atoms with Crippen molar-refractivity contribution in [3.05, 3.63) is 51.1 Å². The average molecular weight is 418 g/mol. The minimum Gasteiger partial charge on any atom is -0.489 e. The Morgan fingerprint density at radius 3 is 2.79 bits per heavy atom. The number of thiazole rings is 1. The molecule has 4 rings (SSSR count). The third-order valence-corrected chi connectivity index (χ3v) is 7.66. The first-order chi connectivity index (χ1) is 13.5. The molecule has 1 aliphatic carbocycles. The molecule has 1 aromatic heterocycles. The molecular weight excluding hydrogens is 390 g/mol. The molecule has 0 bridgehead atoms. The number of nitrogens with zero attached hydrogens (tertiary/aromatic N) is 1. The zero-order chi connectivity index (χ0) is 19.7. The molecule has 4 nitrogen and oxygen atoms in total. The van der Waals surface area contributed by atoms with Crippen molar-refractivity contribution in [2.45, 2.75) is 58.2 Å². The van der Waals surface area contributed by atoms with Gasteiger partial charge in [-0.25, -0.2) is 4.98 Å². The molecule has 150 valence electrons. The monoisotopic (exact) mass is 417 g/mol. The first-order valence-electron chi connectivity index (χ1n) is 10.0. The van der Waals surface area contributed by atoms with Crippen LogP contribution < -0.4 is 15.8 Å². The van der Waals surface area contributed by atoms with Gasteiger partial charge in [0.05, 0.1) is 17.2 Å². The van der Waals surface area contributed by atoms with E-state index >= 15 is 0 Å². The number of benzene rings is 1. The van der Waals surface area contributed by atoms with Gasteiger partial charge in [-0.2, -0.15) is 0 Å². The topological polar surface area (TPSA) is 60.2 Å². The molecule has 6 heteroatoms. The Morgan fingerprint density at radius 2 is 2.11 bits per heavy atom. The van der Waals surface area contributed by atoms with Gasteiger partial charge in [0.1, 0.15) is 10.8 Å². The quantitative estimate of drug-likeness (QED) is 0.671.